The van der Waals surface area contributed by atoms with Crippen molar-refractivity contribution in [2.75, 3.05) is 6.61 Å². The number of epoxide rings is 1. The fourth-order valence-electron chi connectivity index (χ4n) is 1.60. The minimum absolute atomic E-state index is 0.00316. The highest BCUT2D eigenvalue weighted by atomic mass is 16.6. The van der Waals surface area contributed by atoms with Gasteiger partial charge in [-0.15, -0.1) is 0 Å². The summed E-state index contributed by atoms with van der Waals surface area (Å²) in [4.78, 5) is 0. The van der Waals surface area contributed by atoms with Gasteiger partial charge < -0.3 is 20.1 Å². The quantitative estimate of drug-likeness (QED) is 0.434. The fourth-order valence-corrected chi connectivity index (χ4v) is 1.60. The summed E-state index contributed by atoms with van der Waals surface area (Å²) in [6.45, 7) is 3.63. The van der Waals surface area contributed by atoms with Crippen LogP contribution in [0.2, 0.25) is 0 Å². The molecule has 1 aliphatic rings. The fraction of sp³-hybridized carbons (Fsp3) is 0.818. The molecule has 15 heavy (non-hydrogen) atoms. The molecule has 1 heterocycles. The summed E-state index contributed by atoms with van der Waals surface area (Å²) >= 11 is 0. The lowest BCUT2D eigenvalue weighted by atomic mass is 9.94. The molecule has 0 spiro atoms. The molecular weight excluding hydrogens is 196 g/mol. The number of aliphatic hydroxyl groups excluding tert-OH is 3. The average molecular weight is 216 g/mol. The molecular formula is C11H20O4. The largest absolute Gasteiger partial charge is 0.394 e. The highest BCUT2D eigenvalue weighted by Crippen LogP contribution is 2.28. The van der Waals surface area contributed by atoms with E-state index in [0.717, 1.165) is 0 Å². The third-order valence-corrected chi connectivity index (χ3v) is 2.88. The van der Waals surface area contributed by atoms with Gasteiger partial charge in [0, 0.05) is 12.3 Å². The number of hydrogen-bond donors (Lipinski definition) is 3. The maximum Gasteiger partial charge on any atom is 0.107 e. The van der Waals surface area contributed by atoms with Crippen LogP contribution >= 0.6 is 0 Å². The number of rotatable bonds is 6. The van der Waals surface area contributed by atoms with Crippen LogP contribution in [0.5, 0.6) is 0 Å². The smallest absolute Gasteiger partial charge is 0.107 e. The Kier molecular flexibility index (Phi) is 4.73. The molecule has 1 rings (SSSR count). The van der Waals surface area contributed by atoms with E-state index >= 15 is 0 Å². The molecule has 88 valence electrons. The molecule has 0 aromatic rings. The van der Waals surface area contributed by atoms with Gasteiger partial charge in [0.25, 0.3) is 0 Å². The monoisotopic (exact) mass is 216 g/mol. The predicted octanol–water partition coefficient (Wildman–Crippen LogP) is 0.0702. The Morgan fingerprint density at radius 2 is 2.00 bits per heavy atom. The SMILES string of the molecule is CC=C[C@@H](O)[C@H](C)[C@@H](O)C[C@@H]1O[C@H]1CO. The van der Waals surface area contributed by atoms with Gasteiger partial charge in [-0.2, -0.15) is 0 Å². The molecule has 0 saturated carbocycles. The van der Waals surface area contributed by atoms with Crippen LogP contribution in [0.4, 0.5) is 0 Å². The molecule has 0 amide bonds. The van der Waals surface area contributed by atoms with Crippen LogP contribution in [0.3, 0.4) is 0 Å². The third kappa shape index (κ3) is 3.57. The van der Waals surface area contributed by atoms with E-state index in [1.54, 1.807) is 19.1 Å². The van der Waals surface area contributed by atoms with Crippen LogP contribution in [0, 0.1) is 5.92 Å². The minimum atomic E-state index is -0.628. The van der Waals surface area contributed by atoms with Crippen LogP contribution in [0.25, 0.3) is 0 Å². The maximum absolute atomic E-state index is 9.78. The molecule has 1 saturated heterocycles. The molecule has 1 fully saturated rings. The van der Waals surface area contributed by atoms with E-state index in [1.165, 1.54) is 0 Å². The van der Waals surface area contributed by atoms with Gasteiger partial charge in [0.05, 0.1) is 24.9 Å². The Balaban J connectivity index is 2.30. The van der Waals surface area contributed by atoms with Gasteiger partial charge >= 0.3 is 0 Å². The van der Waals surface area contributed by atoms with Crippen LogP contribution in [-0.4, -0.2) is 46.3 Å². The third-order valence-electron chi connectivity index (χ3n) is 2.88. The summed E-state index contributed by atoms with van der Waals surface area (Å²) < 4.78 is 5.12. The van der Waals surface area contributed by atoms with Crippen molar-refractivity contribution in [2.45, 2.75) is 44.7 Å². The van der Waals surface area contributed by atoms with Crippen molar-refractivity contribution in [3.8, 4) is 0 Å². The van der Waals surface area contributed by atoms with Crippen molar-refractivity contribution in [1.82, 2.24) is 0 Å². The van der Waals surface area contributed by atoms with Crippen molar-refractivity contribution in [3.63, 3.8) is 0 Å². The lowest BCUT2D eigenvalue weighted by Crippen LogP contribution is -2.29. The topological polar surface area (TPSA) is 73.2 Å². The summed E-state index contributed by atoms with van der Waals surface area (Å²) in [5.41, 5.74) is 0. The van der Waals surface area contributed by atoms with Crippen molar-refractivity contribution in [2.24, 2.45) is 5.92 Å². The van der Waals surface area contributed by atoms with Gasteiger partial charge in [-0.3, -0.25) is 0 Å². The molecule has 0 bridgehead atoms. The number of hydrogen-bond acceptors (Lipinski definition) is 4. The van der Waals surface area contributed by atoms with Gasteiger partial charge in [-0.25, -0.2) is 0 Å². The molecule has 0 radical (unpaired) electrons. The molecule has 1 aliphatic heterocycles. The minimum Gasteiger partial charge on any atom is -0.394 e. The van der Waals surface area contributed by atoms with Crippen LogP contribution in [-0.2, 0) is 4.74 Å². The average Bonchev–Trinajstić information content (AvgIpc) is 2.95. The Labute approximate surface area is 90.2 Å². The maximum atomic E-state index is 9.78. The summed E-state index contributed by atoms with van der Waals surface area (Å²) in [7, 11) is 0. The molecule has 4 nitrogen and oxygen atoms in total. The molecule has 0 aromatic carbocycles. The first-order chi connectivity index (χ1) is 7.10. The first kappa shape index (κ1) is 12.6. The Hall–Kier alpha value is -0.420. The second-order valence-corrected chi connectivity index (χ2v) is 4.07. The van der Waals surface area contributed by atoms with E-state index < -0.39 is 12.2 Å². The number of allylic oxidation sites excluding steroid dienone is 1. The first-order valence-electron chi connectivity index (χ1n) is 5.35. The van der Waals surface area contributed by atoms with Gasteiger partial charge in [0.2, 0.25) is 0 Å². The Bertz CT molecular complexity index is 217. The number of aliphatic hydroxyl groups is 3. The normalized spacial score (nSPS) is 31.5. The number of ether oxygens (including phenoxy) is 1. The zero-order valence-corrected chi connectivity index (χ0v) is 9.21. The van der Waals surface area contributed by atoms with Gasteiger partial charge in [-0.1, -0.05) is 19.1 Å². The Morgan fingerprint density at radius 1 is 1.33 bits per heavy atom. The second-order valence-electron chi connectivity index (χ2n) is 4.07. The van der Waals surface area contributed by atoms with E-state index in [1.807, 2.05) is 6.92 Å². The first-order valence-corrected chi connectivity index (χ1v) is 5.35. The molecule has 3 N–H and O–H groups in total. The van der Waals surface area contributed by atoms with Crippen LogP contribution < -0.4 is 0 Å². The summed E-state index contributed by atoms with van der Waals surface area (Å²) in [6.07, 6.45) is 2.49. The zero-order chi connectivity index (χ0) is 11.4. The lowest BCUT2D eigenvalue weighted by Gasteiger charge is -2.21. The van der Waals surface area contributed by atoms with E-state index in [9.17, 15) is 10.2 Å². The highest BCUT2D eigenvalue weighted by molar-refractivity contribution is 4.93. The highest BCUT2D eigenvalue weighted by Gasteiger charge is 2.40. The molecule has 0 aliphatic carbocycles. The van der Waals surface area contributed by atoms with E-state index in [-0.39, 0.29) is 24.7 Å². The molecule has 4 heteroatoms. The standard InChI is InChI=1S/C11H20O4/c1-3-4-8(13)7(2)9(14)5-10-11(6-12)15-10/h3-4,7-14H,5-6H2,1-2H3/t7-,8+,9-,10-,11-/m0/s1. The van der Waals surface area contributed by atoms with Crippen molar-refractivity contribution >= 4 is 0 Å². The lowest BCUT2D eigenvalue weighted by molar-refractivity contribution is 0.0355. The predicted molar refractivity (Wildman–Crippen MR) is 56.4 cm³/mol. The molecule has 0 unspecified atom stereocenters. The van der Waals surface area contributed by atoms with E-state index in [2.05, 4.69) is 0 Å². The Morgan fingerprint density at radius 3 is 2.47 bits per heavy atom. The van der Waals surface area contributed by atoms with Crippen molar-refractivity contribution < 1.29 is 20.1 Å². The summed E-state index contributed by atoms with van der Waals surface area (Å²) in [5, 5.41) is 28.1. The van der Waals surface area contributed by atoms with E-state index in [0.29, 0.717) is 6.42 Å². The zero-order valence-electron chi connectivity index (χ0n) is 9.21. The molecule has 5 atom stereocenters. The second kappa shape index (κ2) is 5.61. The van der Waals surface area contributed by atoms with Gasteiger partial charge in [-0.05, 0) is 6.92 Å². The van der Waals surface area contributed by atoms with Crippen LogP contribution in [0.1, 0.15) is 20.3 Å². The van der Waals surface area contributed by atoms with E-state index in [4.69, 9.17) is 9.84 Å². The summed E-state index contributed by atoms with van der Waals surface area (Å²) in [5.74, 6) is -0.218. The van der Waals surface area contributed by atoms with Crippen LogP contribution in [0.15, 0.2) is 12.2 Å². The molecule has 0 aromatic heterocycles. The van der Waals surface area contributed by atoms with Gasteiger partial charge in [0.15, 0.2) is 0 Å². The van der Waals surface area contributed by atoms with Crippen molar-refractivity contribution in [3.05, 3.63) is 12.2 Å². The summed E-state index contributed by atoms with van der Waals surface area (Å²) in [6, 6.07) is 0. The van der Waals surface area contributed by atoms with Gasteiger partial charge in [0.1, 0.15) is 6.10 Å². The van der Waals surface area contributed by atoms with Crippen molar-refractivity contribution in [1.29, 1.82) is 0 Å².